The Hall–Kier alpha value is -0.620. The van der Waals surface area contributed by atoms with Crippen LogP contribution >= 0.6 is 0 Å². The van der Waals surface area contributed by atoms with Crippen LogP contribution in [0.2, 0.25) is 0 Å². The summed E-state index contributed by atoms with van der Waals surface area (Å²) in [4.78, 5) is 11.0. The van der Waals surface area contributed by atoms with Gasteiger partial charge in [0.05, 0.1) is 5.41 Å². The highest BCUT2D eigenvalue weighted by atomic mass is 32.2. The lowest BCUT2D eigenvalue weighted by Gasteiger charge is -2.26. The largest absolute Gasteiger partial charge is 0.481 e. The van der Waals surface area contributed by atoms with Gasteiger partial charge in [-0.1, -0.05) is 6.92 Å². The Balaban J connectivity index is 4.38. The molecule has 15 heavy (non-hydrogen) atoms. The second-order valence-electron chi connectivity index (χ2n) is 3.88. The molecule has 0 bridgehead atoms. The molecular formula is C9H19NO4S. The van der Waals surface area contributed by atoms with Crippen LogP contribution in [-0.2, 0) is 14.6 Å². The van der Waals surface area contributed by atoms with Crippen LogP contribution in [-0.4, -0.2) is 38.0 Å². The van der Waals surface area contributed by atoms with Gasteiger partial charge in [0.2, 0.25) is 0 Å². The molecule has 0 aromatic heterocycles. The summed E-state index contributed by atoms with van der Waals surface area (Å²) in [5.41, 5.74) is 4.47. The normalized spacial score (nSPS) is 15.9. The van der Waals surface area contributed by atoms with Crippen molar-refractivity contribution in [1.29, 1.82) is 0 Å². The quantitative estimate of drug-likeness (QED) is 0.661. The van der Waals surface area contributed by atoms with Crippen molar-refractivity contribution in [3.8, 4) is 0 Å². The zero-order valence-corrected chi connectivity index (χ0v) is 10.0. The second-order valence-corrected chi connectivity index (χ2v) is 6.14. The fourth-order valence-electron chi connectivity index (χ4n) is 1.44. The lowest BCUT2D eigenvalue weighted by atomic mass is 9.81. The standard InChI is InChI=1S/C9H19NO4S/c1-3-9(7-10,8(11)12)5-4-6-15(2,13)14/h3-7,10H2,1-2H3,(H,11,12). The van der Waals surface area contributed by atoms with E-state index in [0.29, 0.717) is 19.3 Å². The number of carboxylic acid groups (broad SMARTS) is 1. The summed E-state index contributed by atoms with van der Waals surface area (Å²) in [6, 6.07) is 0. The van der Waals surface area contributed by atoms with Gasteiger partial charge in [0.1, 0.15) is 9.84 Å². The minimum atomic E-state index is -3.02. The smallest absolute Gasteiger partial charge is 0.310 e. The first-order valence-corrected chi connectivity index (χ1v) is 6.94. The molecule has 0 aliphatic rings. The van der Waals surface area contributed by atoms with Crippen molar-refractivity contribution < 1.29 is 18.3 Å². The van der Waals surface area contributed by atoms with Crippen molar-refractivity contribution in [2.45, 2.75) is 26.2 Å². The van der Waals surface area contributed by atoms with Gasteiger partial charge in [-0.05, 0) is 19.3 Å². The minimum Gasteiger partial charge on any atom is -0.481 e. The van der Waals surface area contributed by atoms with Crippen LogP contribution in [0.15, 0.2) is 0 Å². The Morgan fingerprint density at radius 3 is 2.27 bits per heavy atom. The van der Waals surface area contributed by atoms with E-state index in [1.807, 2.05) is 0 Å². The van der Waals surface area contributed by atoms with Crippen LogP contribution in [0, 0.1) is 5.41 Å². The summed E-state index contributed by atoms with van der Waals surface area (Å²) in [5.74, 6) is -0.928. The zero-order chi connectivity index (χ0) is 12.1. The number of carbonyl (C=O) groups is 1. The van der Waals surface area contributed by atoms with E-state index in [2.05, 4.69) is 0 Å². The second kappa shape index (κ2) is 5.46. The predicted octanol–water partition coefficient (Wildman–Crippen LogP) is 0.251. The number of nitrogens with two attached hydrogens (primary N) is 1. The van der Waals surface area contributed by atoms with E-state index < -0.39 is 21.2 Å². The van der Waals surface area contributed by atoms with Crippen molar-refractivity contribution in [3.63, 3.8) is 0 Å². The van der Waals surface area contributed by atoms with Gasteiger partial charge in [0.25, 0.3) is 0 Å². The molecule has 0 heterocycles. The van der Waals surface area contributed by atoms with Crippen molar-refractivity contribution in [3.05, 3.63) is 0 Å². The number of aliphatic carboxylic acids is 1. The third kappa shape index (κ3) is 4.61. The Bertz CT molecular complexity index is 306. The minimum absolute atomic E-state index is 0.0159. The highest BCUT2D eigenvalue weighted by molar-refractivity contribution is 7.90. The van der Waals surface area contributed by atoms with Gasteiger partial charge in [0.15, 0.2) is 0 Å². The van der Waals surface area contributed by atoms with E-state index >= 15 is 0 Å². The van der Waals surface area contributed by atoms with Gasteiger partial charge < -0.3 is 10.8 Å². The van der Waals surface area contributed by atoms with Crippen LogP contribution < -0.4 is 5.73 Å². The molecule has 1 unspecified atom stereocenters. The summed E-state index contributed by atoms with van der Waals surface area (Å²) in [7, 11) is -3.02. The molecule has 0 aromatic carbocycles. The maximum atomic E-state index is 11.0. The van der Waals surface area contributed by atoms with Crippen LogP contribution in [0.4, 0.5) is 0 Å². The van der Waals surface area contributed by atoms with Crippen molar-refractivity contribution in [2.24, 2.45) is 11.1 Å². The molecule has 5 nitrogen and oxygen atoms in total. The number of carboxylic acids is 1. The molecule has 0 saturated carbocycles. The first-order valence-electron chi connectivity index (χ1n) is 4.88. The fourth-order valence-corrected chi connectivity index (χ4v) is 2.11. The summed E-state index contributed by atoms with van der Waals surface area (Å²) >= 11 is 0. The van der Waals surface area contributed by atoms with Crippen LogP contribution in [0.5, 0.6) is 0 Å². The molecule has 6 heteroatoms. The third-order valence-electron chi connectivity index (χ3n) is 2.69. The topological polar surface area (TPSA) is 97.5 Å². The summed E-state index contributed by atoms with van der Waals surface area (Å²) in [6.07, 6.45) is 2.21. The molecule has 0 saturated heterocycles. The fraction of sp³-hybridized carbons (Fsp3) is 0.889. The summed E-state index contributed by atoms with van der Waals surface area (Å²) < 4.78 is 21.8. The number of rotatable bonds is 7. The van der Waals surface area contributed by atoms with Crippen LogP contribution in [0.25, 0.3) is 0 Å². The van der Waals surface area contributed by atoms with E-state index in [-0.39, 0.29) is 12.3 Å². The highest BCUT2D eigenvalue weighted by Gasteiger charge is 2.34. The SMILES string of the molecule is CCC(CN)(CCCS(C)(=O)=O)C(=O)O. The van der Waals surface area contributed by atoms with E-state index in [1.54, 1.807) is 6.92 Å². The Kier molecular flexibility index (Phi) is 5.23. The number of hydrogen-bond acceptors (Lipinski definition) is 4. The van der Waals surface area contributed by atoms with Gasteiger partial charge >= 0.3 is 5.97 Å². The molecule has 0 spiro atoms. The molecule has 1 atom stereocenters. The molecule has 0 radical (unpaired) electrons. The molecule has 0 aromatic rings. The Labute approximate surface area is 90.6 Å². The van der Waals surface area contributed by atoms with Gasteiger partial charge in [-0.3, -0.25) is 4.79 Å². The number of sulfone groups is 1. The van der Waals surface area contributed by atoms with Crippen molar-refractivity contribution >= 4 is 15.8 Å². The van der Waals surface area contributed by atoms with Crippen molar-refractivity contribution in [1.82, 2.24) is 0 Å². The van der Waals surface area contributed by atoms with Crippen molar-refractivity contribution in [2.75, 3.05) is 18.6 Å². The van der Waals surface area contributed by atoms with Gasteiger partial charge in [-0.15, -0.1) is 0 Å². The third-order valence-corrected chi connectivity index (χ3v) is 3.72. The highest BCUT2D eigenvalue weighted by Crippen LogP contribution is 2.27. The predicted molar refractivity (Wildman–Crippen MR) is 58.4 cm³/mol. The number of hydrogen-bond donors (Lipinski definition) is 2. The zero-order valence-electron chi connectivity index (χ0n) is 9.19. The van der Waals surface area contributed by atoms with E-state index in [0.717, 1.165) is 6.26 Å². The first-order chi connectivity index (χ1) is 6.77. The van der Waals surface area contributed by atoms with E-state index in [9.17, 15) is 13.2 Å². The van der Waals surface area contributed by atoms with E-state index in [4.69, 9.17) is 10.8 Å². The molecule has 0 amide bonds. The van der Waals surface area contributed by atoms with Crippen LogP contribution in [0.1, 0.15) is 26.2 Å². The van der Waals surface area contributed by atoms with E-state index in [1.165, 1.54) is 0 Å². The van der Waals surface area contributed by atoms with Gasteiger partial charge in [-0.25, -0.2) is 8.42 Å². The summed E-state index contributed by atoms with van der Waals surface area (Å²) in [5, 5.41) is 9.02. The lowest BCUT2D eigenvalue weighted by molar-refractivity contribution is -0.149. The average molecular weight is 237 g/mol. The Morgan fingerprint density at radius 2 is 2.00 bits per heavy atom. The molecule has 3 N–H and O–H groups in total. The molecule has 0 aliphatic heterocycles. The lowest BCUT2D eigenvalue weighted by Crippen LogP contribution is -2.38. The van der Waals surface area contributed by atoms with Gasteiger partial charge in [0, 0.05) is 18.6 Å². The first kappa shape index (κ1) is 14.4. The summed E-state index contributed by atoms with van der Waals surface area (Å²) in [6.45, 7) is 1.80. The molecular weight excluding hydrogens is 218 g/mol. The molecule has 0 rings (SSSR count). The maximum absolute atomic E-state index is 11.0. The van der Waals surface area contributed by atoms with Gasteiger partial charge in [-0.2, -0.15) is 0 Å². The maximum Gasteiger partial charge on any atom is 0.310 e. The molecule has 0 fully saturated rings. The average Bonchev–Trinajstić information content (AvgIpc) is 2.10. The monoisotopic (exact) mass is 237 g/mol. The molecule has 0 aliphatic carbocycles. The Morgan fingerprint density at radius 1 is 1.47 bits per heavy atom. The molecule has 90 valence electrons. The van der Waals surface area contributed by atoms with Crippen LogP contribution in [0.3, 0.4) is 0 Å².